The van der Waals surface area contributed by atoms with Gasteiger partial charge in [0.1, 0.15) is 6.33 Å². The van der Waals surface area contributed by atoms with Crippen molar-refractivity contribution in [2.24, 2.45) is 0 Å². The highest BCUT2D eigenvalue weighted by Crippen LogP contribution is 2.31. The highest BCUT2D eigenvalue weighted by atomic mass is 16.5. The number of hydrogen-bond acceptors (Lipinski definition) is 6. The van der Waals surface area contributed by atoms with Crippen molar-refractivity contribution in [3.63, 3.8) is 0 Å². The lowest BCUT2D eigenvalue weighted by atomic mass is 10.1. The van der Waals surface area contributed by atoms with E-state index in [4.69, 9.17) is 4.74 Å². The molecule has 4 rings (SSSR count). The van der Waals surface area contributed by atoms with E-state index >= 15 is 0 Å². The fraction of sp³-hybridized carbons (Fsp3) is 0.211. The standard InChI is InChI=1S/C19H17N5O4/c1-12-8-17(25)21-14-4-2-3-5-15(14)24(12)18(26)10-28-19(27)13-6-7-16-22-20-11-23(16)9-13/h2-7,9,11-12H,8,10H2,1H3,(H,21,25). The van der Waals surface area contributed by atoms with Gasteiger partial charge in [-0.3, -0.25) is 14.0 Å². The Morgan fingerprint density at radius 2 is 2.07 bits per heavy atom. The van der Waals surface area contributed by atoms with Gasteiger partial charge < -0.3 is 15.0 Å². The molecule has 1 unspecified atom stereocenters. The Kier molecular flexibility index (Phi) is 4.48. The average molecular weight is 379 g/mol. The van der Waals surface area contributed by atoms with E-state index in [1.165, 1.54) is 17.4 Å². The third-order valence-corrected chi connectivity index (χ3v) is 4.48. The normalized spacial score (nSPS) is 16.2. The highest BCUT2D eigenvalue weighted by Gasteiger charge is 2.30. The second kappa shape index (κ2) is 7.10. The van der Waals surface area contributed by atoms with E-state index in [2.05, 4.69) is 15.5 Å². The van der Waals surface area contributed by atoms with Crippen molar-refractivity contribution in [1.29, 1.82) is 0 Å². The number of carbonyl (C=O) groups excluding carboxylic acids is 3. The lowest BCUT2D eigenvalue weighted by Crippen LogP contribution is -2.41. The predicted octanol–water partition coefficient (Wildman–Crippen LogP) is 1.65. The molecule has 28 heavy (non-hydrogen) atoms. The van der Waals surface area contributed by atoms with E-state index < -0.39 is 18.5 Å². The molecule has 1 aromatic carbocycles. The van der Waals surface area contributed by atoms with Gasteiger partial charge in [0.05, 0.1) is 16.9 Å². The van der Waals surface area contributed by atoms with Gasteiger partial charge in [0.25, 0.3) is 5.91 Å². The van der Waals surface area contributed by atoms with Crippen LogP contribution in [0.3, 0.4) is 0 Å². The van der Waals surface area contributed by atoms with Gasteiger partial charge in [0.2, 0.25) is 5.91 Å². The molecule has 142 valence electrons. The summed E-state index contributed by atoms with van der Waals surface area (Å²) in [4.78, 5) is 38.7. The van der Waals surface area contributed by atoms with Gasteiger partial charge in [0.15, 0.2) is 12.3 Å². The van der Waals surface area contributed by atoms with Crippen LogP contribution >= 0.6 is 0 Å². The monoisotopic (exact) mass is 379 g/mol. The summed E-state index contributed by atoms with van der Waals surface area (Å²) in [6.45, 7) is 1.34. The van der Waals surface area contributed by atoms with E-state index in [9.17, 15) is 14.4 Å². The van der Waals surface area contributed by atoms with Crippen LogP contribution < -0.4 is 10.2 Å². The van der Waals surface area contributed by atoms with Crippen LogP contribution in [0.4, 0.5) is 11.4 Å². The van der Waals surface area contributed by atoms with Crippen molar-refractivity contribution in [1.82, 2.24) is 14.6 Å². The second-order valence-corrected chi connectivity index (χ2v) is 6.47. The van der Waals surface area contributed by atoms with Crippen molar-refractivity contribution in [2.75, 3.05) is 16.8 Å². The number of hydrogen-bond donors (Lipinski definition) is 1. The maximum Gasteiger partial charge on any atom is 0.340 e. The summed E-state index contributed by atoms with van der Waals surface area (Å²) in [6, 6.07) is 9.85. The molecule has 1 aliphatic rings. The summed E-state index contributed by atoms with van der Waals surface area (Å²) in [6.07, 6.45) is 3.16. The molecular weight excluding hydrogens is 362 g/mol. The van der Waals surface area contributed by atoms with Crippen molar-refractivity contribution in [3.05, 3.63) is 54.5 Å². The molecule has 2 aromatic heterocycles. The number of pyridine rings is 1. The molecule has 0 saturated heterocycles. The molecule has 0 saturated carbocycles. The van der Waals surface area contributed by atoms with Crippen molar-refractivity contribution >= 4 is 34.8 Å². The molecule has 1 aliphatic heterocycles. The summed E-state index contributed by atoms with van der Waals surface area (Å²) in [5.74, 6) is -1.21. The first kappa shape index (κ1) is 17.7. The van der Waals surface area contributed by atoms with Crippen LogP contribution in [0, 0.1) is 0 Å². The van der Waals surface area contributed by atoms with E-state index in [-0.39, 0.29) is 23.9 Å². The molecule has 9 nitrogen and oxygen atoms in total. The van der Waals surface area contributed by atoms with Crippen LogP contribution in [0.5, 0.6) is 0 Å². The van der Waals surface area contributed by atoms with Gasteiger partial charge in [0, 0.05) is 18.7 Å². The van der Waals surface area contributed by atoms with Gasteiger partial charge in [-0.05, 0) is 31.2 Å². The molecule has 2 amide bonds. The van der Waals surface area contributed by atoms with Crippen LogP contribution in [0.25, 0.3) is 5.65 Å². The number of nitrogens with zero attached hydrogens (tertiary/aromatic N) is 4. The lowest BCUT2D eigenvalue weighted by molar-refractivity contribution is -0.122. The number of ether oxygens (including phenoxy) is 1. The SMILES string of the molecule is CC1CC(=O)Nc2ccccc2N1C(=O)COC(=O)c1ccc2nncn2c1. The number of nitrogens with one attached hydrogen (secondary N) is 1. The first-order chi connectivity index (χ1) is 13.5. The Bertz CT molecular complexity index is 1080. The minimum Gasteiger partial charge on any atom is -0.452 e. The number of anilines is 2. The van der Waals surface area contributed by atoms with E-state index in [0.29, 0.717) is 17.0 Å². The van der Waals surface area contributed by atoms with Gasteiger partial charge in [-0.25, -0.2) is 4.79 Å². The zero-order valence-electron chi connectivity index (χ0n) is 15.0. The Morgan fingerprint density at radius 1 is 1.25 bits per heavy atom. The molecule has 0 fully saturated rings. The topological polar surface area (TPSA) is 106 Å². The van der Waals surface area contributed by atoms with Crippen LogP contribution in [-0.2, 0) is 14.3 Å². The Hall–Kier alpha value is -3.75. The first-order valence-corrected chi connectivity index (χ1v) is 8.70. The van der Waals surface area contributed by atoms with Crippen LogP contribution in [-0.4, -0.2) is 45.0 Å². The predicted molar refractivity (Wildman–Crippen MR) is 99.9 cm³/mol. The molecule has 0 radical (unpaired) electrons. The molecule has 9 heteroatoms. The summed E-state index contributed by atoms with van der Waals surface area (Å²) in [7, 11) is 0. The summed E-state index contributed by atoms with van der Waals surface area (Å²) in [5.41, 5.74) is 2.00. The highest BCUT2D eigenvalue weighted by molar-refractivity contribution is 6.05. The second-order valence-electron chi connectivity index (χ2n) is 6.47. The van der Waals surface area contributed by atoms with E-state index in [1.807, 2.05) is 0 Å². The minimum atomic E-state index is -0.631. The zero-order chi connectivity index (χ0) is 19.7. The quantitative estimate of drug-likeness (QED) is 0.694. The van der Waals surface area contributed by atoms with Crippen molar-refractivity contribution in [3.8, 4) is 0 Å². The molecule has 0 bridgehead atoms. The number of aromatic nitrogens is 3. The number of fused-ring (bicyclic) bond motifs is 2. The van der Waals surface area contributed by atoms with Gasteiger partial charge >= 0.3 is 5.97 Å². The molecule has 3 aromatic rings. The number of para-hydroxylation sites is 2. The Morgan fingerprint density at radius 3 is 2.93 bits per heavy atom. The zero-order valence-corrected chi connectivity index (χ0v) is 15.0. The summed E-state index contributed by atoms with van der Waals surface area (Å²) in [5, 5.41) is 10.4. The van der Waals surface area contributed by atoms with E-state index in [1.54, 1.807) is 47.7 Å². The third-order valence-electron chi connectivity index (χ3n) is 4.48. The summed E-state index contributed by atoms with van der Waals surface area (Å²) < 4.78 is 6.80. The molecular formula is C19H17N5O4. The van der Waals surface area contributed by atoms with Gasteiger partial charge in [-0.15, -0.1) is 10.2 Å². The van der Waals surface area contributed by atoms with Crippen LogP contribution in [0.1, 0.15) is 23.7 Å². The largest absolute Gasteiger partial charge is 0.452 e. The van der Waals surface area contributed by atoms with Crippen LogP contribution in [0.15, 0.2) is 48.9 Å². The fourth-order valence-electron chi connectivity index (χ4n) is 3.20. The van der Waals surface area contributed by atoms with Gasteiger partial charge in [-0.1, -0.05) is 12.1 Å². The number of carbonyl (C=O) groups is 3. The minimum absolute atomic E-state index is 0.151. The number of amides is 2. The number of rotatable bonds is 3. The Labute approximate surface area is 159 Å². The molecule has 3 heterocycles. The van der Waals surface area contributed by atoms with Crippen molar-refractivity contribution in [2.45, 2.75) is 19.4 Å². The van der Waals surface area contributed by atoms with Crippen molar-refractivity contribution < 1.29 is 19.1 Å². The lowest BCUT2D eigenvalue weighted by Gasteiger charge is -2.27. The fourth-order valence-corrected chi connectivity index (χ4v) is 3.20. The Balaban J connectivity index is 1.51. The third kappa shape index (κ3) is 3.29. The molecule has 0 spiro atoms. The van der Waals surface area contributed by atoms with E-state index in [0.717, 1.165) is 0 Å². The smallest absolute Gasteiger partial charge is 0.340 e. The summed E-state index contributed by atoms with van der Waals surface area (Å²) >= 11 is 0. The van der Waals surface area contributed by atoms with Crippen LogP contribution in [0.2, 0.25) is 0 Å². The average Bonchev–Trinajstić information content (AvgIpc) is 3.10. The molecule has 0 aliphatic carbocycles. The number of benzene rings is 1. The maximum atomic E-state index is 12.8. The molecule has 1 N–H and O–H groups in total. The number of esters is 1. The molecule has 1 atom stereocenters. The first-order valence-electron chi connectivity index (χ1n) is 8.70. The maximum absolute atomic E-state index is 12.8. The van der Waals surface area contributed by atoms with Gasteiger partial charge in [-0.2, -0.15) is 0 Å².